The van der Waals surface area contributed by atoms with Gasteiger partial charge < -0.3 is 10.4 Å². The summed E-state index contributed by atoms with van der Waals surface area (Å²) in [6, 6.07) is 4.85. The standard InChI is InChI=1S/C14H16Cl2N2O3/c1-8-5-18(6-10(8)14(20)21)7-13(19)17-9-2-3-11(15)12(16)4-9/h2-4,8,10H,5-7H2,1H3,(H,17,19)(H,20,21). The second-order valence-electron chi connectivity index (χ2n) is 5.29. The van der Waals surface area contributed by atoms with Gasteiger partial charge in [-0.3, -0.25) is 14.5 Å². The van der Waals surface area contributed by atoms with E-state index < -0.39 is 11.9 Å². The molecule has 2 rings (SSSR count). The Balaban J connectivity index is 1.90. The average molecular weight is 331 g/mol. The maximum absolute atomic E-state index is 12.0. The normalized spacial score (nSPS) is 22.2. The van der Waals surface area contributed by atoms with Gasteiger partial charge in [0.15, 0.2) is 0 Å². The molecule has 1 fully saturated rings. The lowest BCUT2D eigenvalue weighted by atomic mass is 9.99. The third-order valence-electron chi connectivity index (χ3n) is 3.58. The summed E-state index contributed by atoms with van der Waals surface area (Å²) in [5, 5.41) is 12.6. The van der Waals surface area contributed by atoms with Crippen molar-refractivity contribution in [1.29, 1.82) is 0 Å². The second kappa shape index (κ2) is 6.64. The Labute approximate surface area is 132 Å². The lowest BCUT2D eigenvalue weighted by Crippen LogP contribution is -2.32. The molecular formula is C14H16Cl2N2O3. The lowest BCUT2D eigenvalue weighted by molar-refractivity contribution is -0.142. The van der Waals surface area contributed by atoms with E-state index in [2.05, 4.69) is 5.32 Å². The van der Waals surface area contributed by atoms with E-state index in [4.69, 9.17) is 28.3 Å². The zero-order valence-electron chi connectivity index (χ0n) is 11.5. The zero-order valence-corrected chi connectivity index (χ0v) is 13.0. The average Bonchev–Trinajstić information content (AvgIpc) is 2.75. The van der Waals surface area contributed by atoms with Crippen molar-refractivity contribution in [3.05, 3.63) is 28.2 Å². The van der Waals surface area contributed by atoms with Crippen molar-refractivity contribution < 1.29 is 14.7 Å². The SMILES string of the molecule is CC1CN(CC(=O)Nc2ccc(Cl)c(Cl)c2)CC1C(=O)O. The zero-order chi connectivity index (χ0) is 15.6. The van der Waals surface area contributed by atoms with Gasteiger partial charge in [0.05, 0.1) is 22.5 Å². The smallest absolute Gasteiger partial charge is 0.308 e. The highest BCUT2D eigenvalue weighted by atomic mass is 35.5. The van der Waals surface area contributed by atoms with Crippen LogP contribution in [0.1, 0.15) is 6.92 Å². The Morgan fingerprint density at radius 1 is 1.33 bits per heavy atom. The summed E-state index contributed by atoms with van der Waals surface area (Å²) in [6.45, 7) is 3.04. The van der Waals surface area contributed by atoms with Gasteiger partial charge in [-0.25, -0.2) is 0 Å². The maximum atomic E-state index is 12.0. The number of benzene rings is 1. The molecule has 0 saturated carbocycles. The van der Waals surface area contributed by atoms with Gasteiger partial charge in [-0.15, -0.1) is 0 Å². The Morgan fingerprint density at radius 2 is 2.05 bits per heavy atom. The van der Waals surface area contributed by atoms with E-state index in [1.54, 1.807) is 18.2 Å². The van der Waals surface area contributed by atoms with Crippen LogP contribution in [0.2, 0.25) is 10.0 Å². The molecule has 2 atom stereocenters. The Kier molecular flexibility index (Phi) is 5.08. The number of rotatable bonds is 4. The van der Waals surface area contributed by atoms with E-state index in [9.17, 15) is 9.59 Å². The summed E-state index contributed by atoms with van der Waals surface area (Å²) in [4.78, 5) is 24.9. The Hall–Kier alpha value is -1.30. The highest BCUT2D eigenvalue weighted by Crippen LogP contribution is 2.25. The van der Waals surface area contributed by atoms with Crippen LogP contribution in [-0.2, 0) is 9.59 Å². The van der Waals surface area contributed by atoms with E-state index in [-0.39, 0.29) is 18.4 Å². The molecule has 114 valence electrons. The predicted octanol–water partition coefficient (Wildman–Crippen LogP) is 2.58. The van der Waals surface area contributed by atoms with E-state index in [1.807, 2.05) is 11.8 Å². The molecule has 1 heterocycles. The Morgan fingerprint density at radius 3 is 2.62 bits per heavy atom. The first-order valence-electron chi connectivity index (χ1n) is 6.57. The van der Waals surface area contributed by atoms with Crippen LogP contribution < -0.4 is 5.32 Å². The molecular weight excluding hydrogens is 315 g/mol. The minimum absolute atomic E-state index is 0.0419. The first-order chi connectivity index (χ1) is 9.86. The van der Waals surface area contributed by atoms with Crippen LogP contribution in [0.5, 0.6) is 0 Å². The molecule has 1 aliphatic rings. The van der Waals surface area contributed by atoms with Crippen molar-refractivity contribution in [2.75, 3.05) is 25.0 Å². The first kappa shape index (κ1) is 16.1. The Bertz CT molecular complexity index is 565. The van der Waals surface area contributed by atoms with Crippen molar-refractivity contribution in [2.24, 2.45) is 11.8 Å². The van der Waals surface area contributed by atoms with Crippen LogP contribution in [0.3, 0.4) is 0 Å². The predicted molar refractivity (Wildman–Crippen MR) is 81.8 cm³/mol. The number of carboxylic acid groups (broad SMARTS) is 1. The van der Waals surface area contributed by atoms with Crippen LogP contribution >= 0.6 is 23.2 Å². The largest absolute Gasteiger partial charge is 0.481 e. The van der Waals surface area contributed by atoms with Gasteiger partial charge in [0.2, 0.25) is 5.91 Å². The van der Waals surface area contributed by atoms with Gasteiger partial charge in [-0.05, 0) is 24.1 Å². The van der Waals surface area contributed by atoms with Crippen molar-refractivity contribution in [1.82, 2.24) is 4.90 Å². The van der Waals surface area contributed by atoms with Crippen LogP contribution in [0.15, 0.2) is 18.2 Å². The molecule has 0 aliphatic carbocycles. The molecule has 0 spiro atoms. The van der Waals surface area contributed by atoms with Gasteiger partial charge in [0.25, 0.3) is 0 Å². The molecule has 5 nitrogen and oxygen atoms in total. The lowest BCUT2D eigenvalue weighted by Gasteiger charge is -2.15. The number of anilines is 1. The molecule has 7 heteroatoms. The molecule has 1 amide bonds. The summed E-state index contributed by atoms with van der Waals surface area (Å²) in [5.74, 6) is -1.38. The molecule has 2 unspecified atom stereocenters. The number of carboxylic acids is 1. The quantitative estimate of drug-likeness (QED) is 0.890. The fraction of sp³-hybridized carbons (Fsp3) is 0.429. The van der Waals surface area contributed by atoms with Crippen LogP contribution in [-0.4, -0.2) is 41.5 Å². The number of nitrogens with one attached hydrogen (secondary N) is 1. The van der Waals surface area contributed by atoms with E-state index in [1.165, 1.54) is 0 Å². The second-order valence-corrected chi connectivity index (χ2v) is 6.11. The van der Waals surface area contributed by atoms with Crippen molar-refractivity contribution >= 4 is 40.8 Å². The highest BCUT2D eigenvalue weighted by molar-refractivity contribution is 6.42. The maximum Gasteiger partial charge on any atom is 0.308 e. The number of carbonyl (C=O) groups is 2. The number of nitrogens with zero attached hydrogens (tertiary/aromatic N) is 1. The molecule has 0 aromatic heterocycles. The minimum atomic E-state index is -0.810. The molecule has 2 N–H and O–H groups in total. The fourth-order valence-electron chi connectivity index (χ4n) is 2.50. The summed E-state index contributed by atoms with van der Waals surface area (Å²) < 4.78 is 0. The number of carbonyl (C=O) groups excluding carboxylic acids is 1. The van der Waals surface area contributed by atoms with Gasteiger partial charge in [-0.2, -0.15) is 0 Å². The fourth-order valence-corrected chi connectivity index (χ4v) is 2.79. The van der Waals surface area contributed by atoms with Crippen LogP contribution in [0, 0.1) is 11.8 Å². The summed E-state index contributed by atoms with van der Waals surface area (Å²) >= 11 is 11.7. The number of aliphatic carboxylic acids is 1. The van der Waals surface area contributed by atoms with Gasteiger partial charge in [-0.1, -0.05) is 30.1 Å². The van der Waals surface area contributed by atoms with Gasteiger partial charge in [0, 0.05) is 18.8 Å². The van der Waals surface area contributed by atoms with Gasteiger partial charge in [0.1, 0.15) is 0 Å². The molecule has 1 aliphatic heterocycles. The van der Waals surface area contributed by atoms with Crippen molar-refractivity contribution in [2.45, 2.75) is 6.92 Å². The number of hydrogen-bond donors (Lipinski definition) is 2. The summed E-state index contributed by atoms with van der Waals surface area (Å²) in [6.07, 6.45) is 0. The summed E-state index contributed by atoms with van der Waals surface area (Å²) in [5.41, 5.74) is 0.566. The topological polar surface area (TPSA) is 69.6 Å². The van der Waals surface area contributed by atoms with E-state index >= 15 is 0 Å². The molecule has 1 saturated heterocycles. The van der Waals surface area contributed by atoms with E-state index in [0.717, 1.165) is 0 Å². The third-order valence-corrected chi connectivity index (χ3v) is 4.31. The first-order valence-corrected chi connectivity index (χ1v) is 7.32. The number of likely N-dealkylation sites (tertiary alicyclic amines) is 1. The van der Waals surface area contributed by atoms with Crippen molar-refractivity contribution in [3.8, 4) is 0 Å². The minimum Gasteiger partial charge on any atom is -0.481 e. The number of halogens is 2. The van der Waals surface area contributed by atoms with Crippen molar-refractivity contribution in [3.63, 3.8) is 0 Å². The number of hydrogen-bond acceptors (Lipinski definition) is 3. The van der Waals surface area contributed by atoms with Gasteiger partial charge >= 0.3 is 5.97 Å². The monoisotopic (exact) mass is 330 g/mol. The number of amides is 1. The molecule has 0 radical (unpaired) electrons. The highest BCUT2D eigenvalue weighted by Gasteiger charge is 2.35. The van der Waals surface area contributed by atoms with Crippen LogP contribution in [0.4, 0.5) is 5.69 Å². The molecule has 1 aromatic rings. The third kappa shape index (κ3) is 4.09. The molecule has 1 aromatic carbocycles. The van der Waals surface area contributed by atoms with E-state index in [0.29, 0.717) is 28.8 Å². The molecule has 0 bridgehead atoms. The van der Waals surface area contributed by atoms with Crippen LogP contribution in [0.25, 0.3) is 0 Å². The summed E-state index contributed by atoms with van der Waals surface area (Å²) in [7, 11) is 0. The molecule has 21 heavy (non-hydrogen) atoms.